The smallest absolute Gasteiger partial charge is 0.339 e. The van der Waals surface area contributed by atoms with Gasteiger partial charge in [0, 0.05) is 11.1 Å². The summed E-state index contributed by atoms with van der Waals surface area (Å²) in [6, 6.07) is 20.7. The van der Waals surface area contributed by atoms with Crippen LogP contribution in [0.1, 0.15) is 32.4 Å². The Bertz CT molecular complexity index is 1160. The van der Waals surface area contributed by atoms with E-state index in [-0.39, 0.29) is 16.2 Å². The standard InChI is InChI=1S/C22H19NO6S/c1-28-18-13-12-17(14-19(18)30(23,26)27)22(25)29-21(16-10-6-3-7-11-16)20(24)15-8-4-2-5-9-15/h2-14,21H,1H3,(H2,23,26,27)/t21-/m0/s1. The van der Waals surface area contributed by atoms with Crippen LogP contribution in [0, 0.1) is 0 Å². The largest absolute Gasteiger partial charge is 0.495 e. The maximum atomic E-state index is 13.0. The first kappa shape index (κ1) is 21.2. The molecule has 0 amide bonds. The number of carbonyl (C=O) groups excluding carboxylic acids is 2. The molecule has 2 N–H and O–H groups in total. The van der Waals surface area contributed by atoms with Gasteiger partial charge in [-0.25, -0.2) is 18.4 Å². The molecule has 0 bridgehead atoms. The van der Waals surface area contributed by atoms with Crippen molar-refractivity contribution >= 4 is 21.8 Å². The summed E-state index contributed by atoms with van der Waals surface area (Å²) < 4.78 is 34.1. The summed E-state index contributed by atoms with van der Waals surface area (Å²) in [4.78, 5) is 25.5. The van der Waals surface area contributed by atoms with Gasteiger partial charge in [-0.2, -0.15) is 0 Å². The third-order valence-corrected chi connectivity index (χ3v) is 5.26. The van der Waals surface area contributed by atoms with Crippen molar-refractivity contribution in [1.82, 2.24) is 0 Å². The van der Waals surface area contributed by atoms with Crippen LogP contribution in [0.3, 0.4) is 0 Å². The van der Waals surface area contributed by atoms with Crippen molar-refractivity contribution in [1.29, 1.82) is 0 Å². The number of hydrogen-bond donors (Lipinski definition) is 1. The van der Waals surface area contributed by atoms with Gasteiger partial charge < -0.3 is 9.47 Å². The molecule has 0 saturated heterocycles. The molecule has 0 unspecified atom stereocenters. The average molecular weight is 425 g/mol. The highest BCUT2D eigenvalue weighted by Gasteiger charge is 2.27. The summed E-state index contributed by atoms with van der Waals surface area (Å²) in [6.45, 7) is 0. The van der Waals surface area contributed by atoms with Crippen LogP contribution in [0.2, 0.25) is 0 Å². The normalized spacial score (nSPS) is 12.1. The van der Waals surface area contributed by atoms with Crippen LogP contribution in [0.4, 0.5) is 0 Å². The van der Waals surface area contributed by atoms with E-state index in [4.69, 9.17) is 14.6 Å². The minimum atomic E-state index is -4.14. The van der Waals surface area contributed by atoms with Crippen LogP contribution >= 0.6 is 0 Å². The van der Waals surface area contributed by atoms with E-state index in [0.717, 1.165) is 6.07 Å². The molecule has 0 radical (unpaired) electrons. The van der Waals surface area contributed by atoms with Gasteiger partial charge in [-0.05, 0) is 18.2 Å². The molecule has 0 spiro atoms. The topological polar surface area (TPSA) is 113 Å². The Kier molecular flexibility index (Phi) is 6.29. The fraction of sp³-hybridized carbons (Fsp3) is 0.0909. The molecule has 154 valence electrons. The van der Waals surface area contributed by atoms with Crippen LogP contribution in [0.25, 0.3) is 0 Å². The average Bonchev–Trinajstić information content (AvgIpc) is 2.77. The summed E-state index contributed by atoms with van der Waals surface area (Å²) >= 11 is 0. The lowest BCUT2D eigenvalue weighted by molar-refractivity contribution is 0.0279. The lowest BCUT2D eigenvalue weighted by Crippen LogP contribution is -2.21. The van der Waals surface area contributed by atoms with Crippen molar-refractivity contribution in [2.24, 2.45) is 5.14 Å². The van der Waals surface area contributed by atoms with Crippen LogP contribution in [-0.4, -0.2) is 27.3 Å². The predicted molar refractivity (Wildman–Crippen MR) is 110 cm³/mol. The van der Waals surface area contributed by atoms with E-state index >= 15 is 0 Å². The Labute approximate surface area is 174 Å². The van der Waals surface area contributed by atoms with E-state index in [1.165, 1.54) is 19.2 Å². The zero-order valence-electron chi connectivity index (χ0n) is 16.0. The number of benzene rings is 3. The molecule has 30 heavy (non-hydrogen) atoms. The van der Waals surface area contributed by atoms with Crippen molar-refractivity contribution in [3.63, 3.8) is 0 Å². The number of Topliss-reactive ketones (excluding diaryl/α,β-unsaturated/α-hetero) is 1. The summed E-state index contributed by atoms with van der Waals surface area (Å²) in [5, 5.41) is 5.20. The third kappa shape index (κ3) is 4.73. The molecule has 0 fully saturated rings. The van der Waals surface area contributed by atoms with Gasteiger partial charge in [0.1, 0.15) is 10.6 Å². The molecule has 0 aliphatic carbocycles. The first-order valence-electron chi connectivity index (χ1n) is 8.87. The van der Waals surface area contributed by atoms with Crippen molar-refractivity contribution in [3.8, 4) is 5.75 Å². The summed E-state index contributed by atoms with van der Waals surface area (Å²) in [6.07, 6.45) is -1.21. The fourth-order valence-corrected chi connectivity index (χ4v) is 3.58. The Morgan fingerprint density at radius 2 is 1.47 bits per heavy atom. The van der Waals surface area contributed by atoms with Gasteiger partial charge in [0.2, 0.25) is 15.8 Å². The van der Waals surface area contributed by atoms with Gasteiger partial charge in [0.25, 0.3) is 0 Å². The highest BCUT2D eigenvalue weighted by atomic mass is 32.2. The molecule has 3 aromatic carbocycles. The maximum Gasteiger partial charge on any atom is 0.339 e. The second-order valence-corrected chi connectivity index (χ2v) is 7.87. The molecule has 0 heterocycles. The Morgan fingerprint density at radius 3 is 2.03 bits per heavy atom. The van der Waals surface area contributed by atoms with Gasteiger partial charge in [-0.15, -0.1) is 0 Å². The minimum Gasteiger partial charge on any atom is -0.495 e. The second kappa shape index (κ2) is 8.89. The number of ether oxygens (including phenoxy) is 2. The number of carbonyl (C=O) groups is 2. The predicted octanol–water partition coefficient (Wildman–Crippen LogP) is 3.12. The zero-order chi connectivity index (χ0) is 21.7. The summed E-state index contributed by atoms with van der Waals surface area (Å²) in [5.74, 6) is -1.29. The number of methoxy groups -OCH3 is 1. The monoisotopic (exact) mass is 425 g/mol. The molecule has 0 aliphatic rings. The fourth-order valence-electron chi connectivity index (χ4n) is 2.86. The van der Waals surface area contributed by atoms with Crippen molar-refractivity contribution < 1.29 is 27.5 Å². The molecule has 8 heteroatoms. The molecular weight excluding hydrogens is 406 g/mol. The van der Waals surface area contributed by atoms with Crippen LogP contribution in [0.15, 0.2) is 83.8 Å². The van der Waals surface area contributed by atoms with Gasteiger partial charge >= 0.3 is 5.97 Å². The lowest BCUT2D eigenvalue weighted by Gasteiger charge is -2.18. The van der Waals surface area contributed by atoms with Gasteiger partial charge in [0.15, 0.2) is 6.10 Å². The van der Waals surface area contributed by atoms with Gasteiger partial charge in [0.05, 0.1) is 12.7 Å². The molecule has 0 aromatic heterocycles. The number of esters is 1. The lowest BCUT2D eigenvalue weighted by atomic mass is 10.00. The summed E-state index contributed by atoms with van der Waals surface area (Å²) in [5.41, 5.74) is 0.778. The van der Waals surface area contributed by atoms with E-state index in [9.17, 15) is 18.0 Å². The summed E-state index contributed by atoms with van der Waals surface area (Å²) in [7, 11) is -2.86. The van der Waals surface area contributed by atoms with E-state index in [1.807, 2.05) is 0 Å². The molecule has 3 aromatic rings. The van der Waals surface area contributed by atoms with Gasteiger partial charge in [-0.1, -0.05) is 60.7 Å². The highest BCUT2D eigenvalue weighted by Crippen LogP contribution is 2.27. The quantitative estimate of drug-likeness (QED) is 0.460. The number of sulfonamides is 1. The molecule has 7 nitrogen and oxygen atoms in total. The van der Waals surface area contributed by atoms with Gasteiger partial charge in [-0.3, -0.25) is 4.79 Å². The Hall–Kier alpha value is -3.49. The maximum absolute atomic E-state index is 13.0. The van der Waals surface area contributed by atoms with Crippen molar-refractivity contribution in [2.45, 2.75) is 11.0 Å². The number of hydrogen-bond acceptors (Lipinski definition) is 6. The molecule has 0 aliphatic heterocycles. The van der Waals surface area contributed by atoms with Crippen LogP contribution in [-0.2, 0) is 14.8 Å². The van der Waals surface area contributed by atoms with E-state index in [1.54, 1.807) is 60.7 Å². The third-order valence-electron chi connectivity index (χ3n) is 4.33. The SMILES string of the molecule is COc1ccc(C(=O)O[C@H](C(=O)c2ccccc2)c2ccccc2)cc1S(N)(=O)=O. The highest BCUT2D eigenvalue weighted by molar-refractivity contribution is 7.89. The number of primary sulfonamides is 1. The van der Waals surface area contributed by atoms with E-state index in [2.05, 4.69) is 0 Å². The Balaban J connectivity index is 1.97. The molecular formula is C22H19NO6S. The minimum absolute atomic E-state index is 0.00554. The first-order valence-corrected chi connectivity index (χ1v) is 10.4. The molecule has 3 rings (SSSR count). The zero-order valence-corrected chi connectivity index (χ0v) is 16.8. The molecule has 0 saturated carbocycles. The van der Waals surface area contributed by atoms with E-state index in [0.29, 0.717) is 11.1 Å². The van der Waals surface area contributed by atoms with Crippen LogP contribution in [0.5, 0.6) is 5.75 Å². The number of ketones is 1. The number of rotatable bonds is 7. The first-order chi connectivity index (χ1) is 14.3. The Morgan fingerprint density at radius 1 is 0.867 bits per heavy atom. The van der Waals surface area contributed by atoms with Crippen LogP contribution < -0.4 is 9.88 Å². The van der Waals surface area contributed by atoms with Crippen molar-refractivity contribution in [2.75, 3.05) is 7.11 Å². The van der Waals surface area contributed by atoms with E-state index < -0.39 is 27.9 Å². The number of nitrogens with two attached hydrogens (primary N) is 1. The molecule has 1 atom stereocenters. The second-order valence-electron chi connectivity index (χ2n) is 6.34. The van der Waals surface area contributed by atoms with Crippen molar-refractivity contribution in [3.05, 3.63) is 95.6 Å².